The molecule has 1 N–H and O–H groups in total. The molecular formula is C15H27NO. The van der Waals surface area contributed by atoms with Crippen LogP contribution in [0.15, 0.2) is 0 Å². The average molecular weight is 237 g/mol. The number of rotatable bonds is 8. The van der Waals surface area contributed by atoms with E-state index in [0.29, 0.717) is 6.10 Å². The van der Waals surface area contributed by atoms with E-state index in [4.69, 9.17) is 4.74 Å². The fourth-order valence-electron chi connectivity index (χ4n) is 3.36. The van der Waals surface area contributed by atoms with Gasteiger partial charge in [-0.1, -0.05) is 0 Å². The molecule has 1 heterocycles. The highest BCUT2D eigenvalue weighted by Crippen LogP contribution is 2.48. The van der Waals surface area contributed by atoms with Gasteiger partial charge in [-0.15, -0.1) is 0 Å². The molecule has 2 heteroatoms. The van der Waals surface area contributed by atoms with Crippen molar-refractivity contribution in [1.29, 1.82) is 0 Å². The Morgan fingerprint density at radius 3 is 2.41 bits per heavy atom. The van der Waals surface area contributed by atoms with Gasteiger partial charge in [0.2, 0.25) is 0 Å². The van der Waals surface area contributed by atoms with Crippen LogP contribution >= 0.6 is 0 Å². The van der Waals surface area contributed by atoms with Crippen molar-refractivity contribution in [3.8, 4) is 0 Å². The first kappa shape index (κ1) is 12.0. The highest BCUT2D eigenvalue weighted by atomic mass is 16.5. The number of hydrogen-bond donors (Lipinski definition) is 1. The van der Waals surface area contributed by atoms with E-state index in [1.54, 1.807) is 0 Å². The maximum atomic E-state index is 5.65. The van der Waals surface area contributed by atoms with Gasteiger partial charge in [-0.3, -0.25) is 0 Å². The lowest BCUT2D eigenvalue weighted by molar-refractivity contribution is 0.102. The van der Waals surface area contributed by atoms with Crippen molar-refractivity contribution in [3.63, 3.8) is 0 Å². The maximum Gasteiger partial charge on any atom is 0.0576 e. The average Bonchev–Trinajstić information content (AvgIpc) is 3.25. The number of hydrogen-bond acceptors (Lipinski definition) is 2. The van der Waals surface area contributed by atoms with Crippen LogP contribution in [-0.4, -0.2) is 25.8 Å². The lowest BCUT2D eigenvalue weighted by Gasteiger charge is -2.16. The second-order valence-corrected chi connectivity index (χ2v) is 6.32. The molecule has 1 saturated heterocycles. The van der Waals surface area contributed by atoms with Gasteiger partial charge in [0, 0.05) is 6.61 Å². The van der Waals surface area contributed by atoms with Gasteiger partial charge in [0.25, 0.3) is 0 Å². The normalized spacial score (nSPS) is 29.1. The molecule has 0 aromatic rings. The van der Waals surface area contributed by atoms with Crippen molar-refractivity contribution in [2.45, 2.75) is 57.5 Å². The van der Waals surface area contributed by atoms with Gasteiger partial charge in [0.1, 0.15) is 0 Å². The number of ether oxygens (including phenoxy) is 1. The van der Waals surface area contributed by atoms with E-state index >= 15 is 0 Å². The molecule has 2 aliphatic carbocycles. The minimum atomic E-state index is 0.583. The molecule has 98 valence electrons. The van der Waals surface area contributed by atoms with Crippen LogP contribution in [-0.2, 0) is 4.74 Å². The molecule has 1 unspecified atom stereocenters. The molecule has 17 heavy (non-hydrogen) atoms. The summed E-state index contributed by atoms with van der Waals surface area (Å²) < 4.78 is 5.65. The molecule has 0 spiro atoms. The minimum Gasteiger partial charge on any atom is -0.378 e. The maximum absolute atomic E-state index is 5.65. The third kappa shape index (κ3) is 3.69. The van der Waals surface area contributed by atoms with Crippen LogP contribution in [0.25, 0.3) is 0 Å². The molecule has 0 aromatic heterocycles. The molecule has 3 rings (SSSR count). The highest BCUT2D eigenvalue weighted by Gasteiger charge is 2.40. The highest BCUT2D eigenvalue weighted by molar-refractivity contribution is 4.92. The fourth-order valence-corrected chi connectivity index (χ4v) is 3.36. The second kappa shape index (κ2) is 5.71. The summed E-state index contributed by atoms with van der Waals surface area (Å²) in [5, 5.41) is 3.70. The van der Waals surface area contributed by atoms with Crippen molar-refractivity contribution < 1.29 is 4.74 Å². The first-order chi connectivity index (χ1) is 8.43. The molecule has 2 nitrogen and oxygen atoms in total. The second-order valence-electron chi connectivity index (χ2n) is 6.32. The van der Waals surface area contributed by atoms with Crippen LogP contribution in [0.1, 0.15) is 51.4 Å². The van der Waals surface area contributed by atoms with Crippen molar-refractivity contribution in [3.05, 3.63) is 0 Å². The third-order valence-electron chi connectivity index (χ3n) is 4.74. The van der Waals surface area contributed by atoms with Gasteiger partial charge in [0.15, 0.2) is 0 Å². The molecule has 2 saturated carbocycles. The Balaban J connectivity index is 1.24. The minimum absolute atomic E-state index is 0.583. The first-order valence-electron chi connectivity index (χ1n) is 7.76. The number of nitrogens with one attached hydrogen (secondary N) is 1. The summed E-state index contributed by atoms with van der Waals surface area (Å²) in [6, 6.07) is 0. The van der Waals surface area contributed by atoms with Crippen molar-refractivity contribution in [1.82, 2.24) is 5.32 Å². The predicted molar refractivity (Wildman–Crippen MR) is 70.0 cm³/mol. The van der Waals surface area contributed by atoms with Gasteiger partial charge >= 0.3 is 0 Å². The Labute approximate surface area is 105 Å². The van der Waals surface area contributed by atoms with E-state index in [-0.39, 0.29) is 0 Å². The summed E-state index contributed by atoms with van der Waals surface area (Å²) in [6.07, 6.45) is 11.8. The smallest absolute Gasteiger partial charge is 0.0576 e. The molecule has 1 aliphatic heterocycles. The molecule has 0 amide bonds. The van der Waals surface area contributed by atoms with E-state index in [2.05, 4.69) is 5.32 Å². The van der Waals surface area contributed by atoms with Gasteiger partial charge < -0.3 is 10.1 Å². The topological polar surface area (TPSA) is 21.3 Å². The standard InChI is InChI=1S/C15H27NO/c1(3-14-4-2-10-17-14)9-16-11-15(12-5-6-12)13-7-8-13/h12-16H,1-11H2. The quantitative estimate of drug-likeness (QED) is 0.655. The zero-order valence-electron chi connectivity index (χ0n) is 11.0. The summed E-state index contributed by atoms with van der Waals surface area (Å²) in [4.78, 5) is 0. The Kier molecular flexibility index (Phi) is 4.02. The summed E-state index contributed by atoms with van der Waals surface area (Å²) in [5.74, 6) is 3.21. The molecule has 0 bridgehead atoms. The molecule has 3 aliphatic rings. The Bertz CT molecular complexity index is 217. The first-order valence-corrected chi connectivity index (χ1v) is 7.76. The van der Waals surface area contributed by atoms with E-state index in [0.717, 1.165) is 24.4 Å². The van der Waals surface area contributed by atoms with E-state index < -0.39 is 0 Å². The third-order valence-corrected chi connectivity index (χ3v) is 4.74. The van der Waals surface area contributed by atoms with E-state index in [1.807, 2.05) is 0 Å². The zero-order valence-corrected chi connectivity index (χ0v) is 11.0. The lowest BCUT2D eigenvalue weighted by Crippen LogP contribution is -2.27. The predicted octanol–water partition coefficient (Wildman–Crippen LogP) is 2.97. The molecule has 1 atom stereocenters. The van der Waals surface area contributed by atoms with Crippen molar-refractivity contribution in [2.24, 2.45) is 17.8 Å². The molecular weight excluding hydrogens is 210 g/mol. The Morgan fingerprint density at radius 1 is 1.06 bits per heavy atom. The van der Waals surface area contributed by atoms with Gasteiger partial charge in [-0.25, -0.2) is 0 Å². The van der Waals surface area contributed by atoms with Crippen LogP contribution in [0.4, 0.5) is 0 Å². The monoisotopic (exact) mass is 237 g/mol. The summed E-state index contributed by atoms with van der Waals surface area (Å²) in [7, 11) is 0. The van der Waals surface area contributed by atoms with Gasteiger partial charge in [0.05, 0.1) is 6.10 Å². The molecule has 0 aromatic carbocycles. The summed E-state index contributed by atoms with van der Waals surface area (Å²) >= 11 is 0. The van der Waals surface area contributed by atoms with Gasteiger partial charge in [-0.2, -0.15) is 0 Å². The Hall–Kier alpha value is -0.0800. The molecule has 0 radical (unpaired) electrons. The van der Waals surface area contributed by atoms with Crippen LogP contribution in [0, 0.1) is 17.8 Å². The van der Waals surface area contributed by atoms with E-state index in [9.17, 15) is 0 Å². The molecule has 3 fully saturated rings. The van der Waals surface area contributed by atoms with E-state index in [1.165, 1.54) is 64.5 Å². The largest absolute Gasteiger partial charge is 0.378 e. The Morgan fingerprint density at radius 2 is 1.82 bits per heavy atom. The summed E-state index contributed by atoms with van der Waals surface area (Å²) in [5.41, 5.74) is 0. The fraction of sp³-hybridized carbons (Fsp3) is 1.00. The van der Waals surface area contributed by atoms with Crippen LogP contribution < -0.4 is 5.32 Å². The SMILES string of the molecule is C(CNCC(C1CC1)C1CC1)CC1CCCO1. The zero-order chi connectivity index (χ0) is 11.5. The van der Waals surface area contributed by atoms with Crippen molar-refractivity contribution in [2.75, 3.05) is 19.7 Å². The van der Waals surface area contributed by atoms with Crippen molar-refractivity contribution >= 4 is 0 Å². The van der Waals surface area contributed by atoms with Crippen LogP contribution in [0.5, 0.6) is 0 Å². The lowest BCUT2D eigenvalue weighted by atomic mass is 9.98. The van der Waals surface area contributed by atoms with Gasteiger partial charge in [-0.05, 0) is 82.2 Å². The summed E-state index contributed by atoms with van der Waals surface area (Å²) in [6.45, 7) is 3.50. The van der Waals surface area contributed by atoms with Crippen LogP contribution in [0.2, 0.25) is 0 Å². The van der Waals surface area contributed by atoms with Crippen LogP contribution in [0.3, 0.4) is 0 Å².